The molecule has 0 spiro atoms. The molecule has 0 aliphatic heterocycles. The lowest BCUT2D eigenvalue weighted by molar-refractivity contribution is 0.0698. The summed E-state index contributed by atoms with van der Waals surface area (Å²) < 4.78 is 15.9. The van der Waals surface area contributed by atoms with Crippen LogP contribution in [0.4, 0.5) is 0 Å². The fourth-order valence-electron chi connectivity index (χ4n) is 3.01. The van der Waals surface area contributed by atoms with Crippen molar-refractivity contribution in [2.75, 3.05) is 47.1 Å². The Hall–Kier alpha value is -2.35. The average molecular weight is 417 g/mol. The molecule has 0 unspecified atom stereocenters. The van der Waals surface area contributed by atoms with Crippen LogP contribution in [0.5, 0.6) is 0 Å². The highest BCUT2D eigenvalue weighted by atomic mass is 16.5. The molecular weight excluding hydrogens is 380 g/mol. The van der Waals surface area contributed by atoms with E-state index in [9.17, 15) is 0 Å². The van der Waals surface area contributed by atoms with Crippen LogP contribution in [0, 0.1) is 0 Å². The summed E-state index contributed by atoms with van der Waals surface area (Å²) in [6, 6.07) is 12.4. The zero-order valence-corrected chi connectivity index (χ0v) is 18.5. The number of rotatable bonds is 14. The third-order valence-corrected chi connectivity index (χ3v) is 4.51. The van der Waals surface area contributed by atoms with Gasteiger partial charge in [-0.15, -0.1) is 0 Å². The van der Waals surface area contributed by atoms with Crippen LogP contribution in [0.3, 0.4) is 0 Å². The highest BCUT2D eigenvalue weighted by Gasteiger charge is 2.08. The number of hydrogen-bond donors (Lipinski definition) is 2. The molecule has 0 aliphatic rings. The van der Waals surface area contributed by atoms with Crippen LogP contribution in [0.2, 0.25) is 0 Å². The Morgan fingerprint density at radius 2 is 1.87 bits per heavy atom. The van der Waals surface area contributed by atoms with E-state index in [-0.39, 0.29) is 0 Å². The van der Waals surface area contributed by atoms with Gasteiger partial charge in [0, 0.05) is 33.4 Å². The lowest BCUT2D eigenvalue weighted by Crippen LogP contribution is -2.38. The van der Waals surface area contributed by atoms with E-state index in [4.69, 9.17) is 18.9 Å². The quantitative estimate of drug-likeness (QED) is 0.280. The molecule has 0 radical (unpaired) electrons. The number of nitrogens with one attached hydrogen (secondary N) is 2. The molecule has 0 atom stereocenters. The number of methoxy groups -OCH3 is 1. The molecule has 0 aliphatic carbocycles. The first-order valence-electron chi connectivity index (χ1n) is 10.6. The van der Waals surface area contributed by atoms with Gasteiger partial charge >= 0.3 is 0 Å². The second-order valence-electron chi connectivity index (χ2n) is 7.10. The fourth-order valence-corrected chi connectivity index (χ4v) is 3.01. The molecule has 1 aromatic carbocycles. The van der Waals surface area contributed by atoms with Crippen molar-refractivity contribution in [1.29, 1.82) is 0 Å². The predicted octanol–water partition coefficient (Wildman–Crippen LogP) is 3.02. The molecule has 166 valence electrons. The van der Waals surface area contributed by atoms with E-state index in [2.05, 4.69) is 53.8 Å². The largest absolute Gasteiger partial charge is 0.468 e. The number of furan rings is 1. The molecular formula is C23H36N4O3. The zero-order chi connectivity index (χ0) is 21.4. The maximum Gasteiger partial charge on any atom is 0.191 e. The van der Waals surface area contributed by atoms with Crippen LogP contribution in [-0.2, 0) is 29.1 Å². The van der Waals surface area contributed by atoms with E-state index in [0.717, 1.165) is 44.3 Å². The van der Waals surface area contributed by atoms with Crippen LogP contribution < -0.4 is 10.6 Å². The highest BCUT2D eigenvalue weighted by molar-refractivity contribution is 5.79. The van der Waals surface area contributed by atoms with Crippen LogP contribution >= 0.6 is 0 Å². The number of ether oxygens (including phenoxy) is 2. The first-order chi connectivity index (χ1) is 14.7. The molecule has 1 aromatic heterocycles. The maximum atomic E-state index is 5.50. The normalized spacial score (nSPS) is 11.8. The topological polar surface area (TPSA) is 71.3 Å². The van der Waals surface area contributed by atoms with E-state index in [1.807, 2.05) is 12.1 Å². The monoisotopic (exact) mass is 416 g/mol. The van der Waals surface area contributed by atoms with Gasteiger partial charge in [0.1, 0.15) is 5.76 Å². The molecule has 0 saturated heterocycles. The van der Waals surface area contributed by atoms with Crippen molar-refractivity contribution in [2.24, 2.45) is 4.99 Å². The summed E-state index contributed by atoms with van der Waals surface area (Å²) in [5, 5.41) is 6.69. The second-order valence-corrected chi connectivity index (χ2v) is 7.10. The SMILES string of the molecule is CCNC(=NCc1ccccc1CN(C)Cc1ccco1)NCCCOCCOC. The third-order valence-electron chi connectivity index (χ3n) is 4.51. The van der Waals surface area contributed by atoms with Gasteiger partial charge in [-0.25, -0.2) is 4.99 Å². The van der Waals surface area contributed by atoms with E-state index in [1.54, 1.807) is 13.4 Å². The lowest BCUT2D eigenvalue weighted by atomic mass is 10.1. The Balaban J connectivity index is 1.85. The number of guanidine groups is 1. The Bertz CT molecular complexity index is 719. The summed E-state index contributed by atoms with van der Waals surface area (Å²) in [5.41, 5.74) is 2.50. The third kappa shape index (κ3) is 9.43. The maximum absolute atomic E-state index is 5.50. The fraction of sp³-hybridized carbons (Fsp3) is 0.522. The summed E-state index contributed by atoms with van der Waals surface area (Å²) in [6.45, 7) is 7.93. The summed E-state index contributed by atoms with van der Waals surface area (Å²) in [4.78, 5) is 7.02. The van der Waals surface area contributed by atoms with Crippen LogP contribution in [0.15, 0.2) is 52.1 Å². The second kappa shape index (κ2) is 14.6. The lowest BCUT2D eigenvalue weighted by Gasteiger charge is -2.17. The smallest absolute Gasteiger partial charge is 0.191 e. The Morgan fingerprint density at radius 1 is 1.03 bits per heavy atom. The molecule has 7 heteroatoms. The summed E-state index contributed by atoms with van der Waals surface area (Å²) in [7, 11) is 3.78. The van der Waals surface area contributed by atoms with Gasteiger partial charge in [-0.2, -0.15) is 0 Å². The Kier molecular flexibility index (Phi) is 11.6. The molecule has 30 heavy (non-hydrogen) atoms. The number of benzene rings is 1. The van der Waals surface area contributed by atoms with Gasteiger partial charge in [0.15, 0.2) is 5.96 Å². The van der Waals surface area contributed by atoms with E-state index >= 15 is 0 Å². The molecule has 7 nitrogen and oxygen atoms in total. The van der Waals surface area contributed by atoms with E-state index in [1.165, 1.54) is 11.1 Å². The summed E-state index contributed by atoms with van der Waals surface area (Å²) in [5.74, 6) is 1.80. The van der Waals surface area contributed by atoms with Gasteiger partial charge in [-0.05, 0) is 43.7 Å². The van der Waals surface area contributed by atoms with E-state index < -0.39 is 0 Å². The first-order valence-corrected chi connectivity index (χ1v) is 10.6. The highest BCUT2D eigenvalue weighted by Crippen LogP contribution is 2.14. The summed E-state index contributed by atoms with van der Waals surface area (Å²) in [6.07, 6.45) is 2.63. The van der Waals surface area contributed by atoms with Crippen molar-refractivity contribution < 1.29 is 13.9 Å². The molecule has 0 bridgehead atoms. The Labute approximate surface area is 180 Å². The van der Waals surface area contributed by atoms with E-state index in [0.29, 0.717) is 26.4 Å². The average Bonchev–Trinajstić information content (AvgIpc) is 3.25. The molecule has 2 rings (SSSR count). The molecule has 0 amide bonds. The van der Waals surface area contributed by atoms with Gasteiger partial charge < -0.3 is 24.5 Å². The van der Waals surface area contributed by atoms with Crippen LogP contribution in [0.25, 0.3) is 0 Å². The summed E-state index contributed by atoms with van der Waals surface area (Å²) >= 11 is 0. The van der Waals surface area contributed by atoms with Crippen molar-refractivity contribution in [1.82, 2.24) is 15.5 Å². The minimum atomic E-state index is 0.629. The molecule has 0 saturated carbocycles. The standard InChI is InChI=1S/C23H36N4O3/c1-4-24-23(25-12-8-13-29-16-15-28-3)26-17-20-9-5-6-10-21(20)18-27(2)19-22-11-7-14-30-22/h5-7,9-11,14H,4,8,12-13,15-19H2,1-3H3,(H2,24,25,26). The van der Waals surface area contributed by atoms with Gasteiger partial charge in [-0.1, -0.05) is 24.3 Å². The van der Waals surface area contributed by atoms with Crippen molar-refractivity contribution in [3.05, 3.63) is 59.5 Å². The minimum absolute atomic E-state index is 0.629. The number of aliphatic imine (C=N–C) groups is 1. The zero-order valence-electron chi connectivity index (χ0n) is 18.5. The van der Waals surface area contributed by atoms with Gasteiger partial charge in [-0.3, -0.25) is 4.90 Å². The Morgan fingerprint density at radius 3 is 2.60 bits per heavy atom. The van der Waals surface area contributed by atoms with Gasteiger partial charge in [0.25, 0.3) is 0 Å². The van der Waals surface area contributed by atoms with Crippen molar-refractivity contribution in [3.8, 4) is 0 Å². The molecule has 0 fully saturated rings. The minimum Gasteiger partial charge on any atom is -0.468 e. The van der Waals surface area contributed by atoms with Gasteiger partial charge in [0.05, 0.1) is 32.6 Å². The van der Waals surface area contributed by atoms with Crippen LogP contribution in [-0.4, -0.2) is 57.9 Å². The van der Waals surface area contributed by atoms with Crippen molar-refractivity contribution in [2.45, 2.75) is 33.0 Å². The molecule has 2 N–H and O–H groups in total. The first kappa shape index (κ1) is 23.9. The predicted molar refractivity (Wildman–Crippen MR) is 120 cm³/mol. The van der Waals surface area contributed by atoms with Crippen LogP contribution in [0.1, 0.15) is 30.2 Å². The van der Waals surface area contributed by atoms with Crippen molar-refractivity contribution >= 4 is 5.96 Å². The molecule has 1 heterocycles. The van der Waals surface area contributed by atoms with Crippen molar-refractivity contribution in [3.63, 3.8) is 0 Å². The van der Waals surface area contributed by atoms with Gasteiger partial charge in [0.2, 0.25) is 0 Å². The number of nitrogens with zero attached hydrogens (tertiary/aromatic N) is 2. The number of hydrogen-bond acceptors (Lipinski definition) is 5. The molecule has 2 aromatic rings.